The summed E-state index contributed by atoms with van der Waals surface area (Å²) in [5, 5.41) is 0.433. The summed E-state index contributed by atoms with van der Waals surface area (Å²) in [5.74, 6) is -1.05. The van der Waals surface area contributed by atoms with Gasteiger partial charge in [0.25, 0.3) is 0 Å². The van der Waals surface area contributed by atoms with Crippen molar-refractivity contribution in [3.63, 3.8) is 0 Å². The smallest absolute Gasteiger partial charge is 0.328 e. The van der Waals surface area contributed by atoms with Crippen molar-refractivity contribution in [2.24, 2.45) is 5.41 Å². The van der Waals surface area contributed by atoms with Crippen molar-refractivity contribution < 1.29 is 19.1 Å². The van der Waals surface area contributed by atoms with Crippen molar-refractivity contribution in [1.82, 2.24) is 0 Å². The third kappa shape index (κ3) is 6.97. The predicted octanol–water partition coefficient (Wildman–Crippen LogP) is 7.00. The van der Waals surface area contributed by atoms with Gasteiger partial charge in [-0.2, -0.15) is 0 Å². The van der Waals surface area contributed by atoms with Crippen LogP contribution in [-0.4, -0.2) is 18.5 Å². The molecule has 1 aromatic rings. The highest BCUT2D eigenvalue weighted by Crippen LogP contribution is 2.35. The number of rotatable bonds is 13. The number of benzene rings is 1. The maximum atomic E-state index is 12.8. The Morgan fingerprint density at radius 1 is 0.893 bits per heavy atom. The summed E-state index contributed by atoms with van der Waals surface area (Å²) >= 11 is 12.1. The molecule has 0 aromatic heterocycles. The molecule has 0 atom stereocenters. The molecule has 28 heavy (non-hydrogen) atoms. The maximum absolute atomic E-state index is 12.8. The monoisotopic (exact) mass is 430 g/mol. The number of esters is 2. The van der Waals surface area contributed by atoms with Gasteiger partial charge in [-0.1, -0.05) is 88.6 Å². The Kier molecular flexibility index (Phi) is 11.6. The molecule has 0 saturated heterocycles. The van der Waals surface area contributed by atoms with E-state index in [1.807, 2.05) is 0 Å². The molecule has 158 valence electrons. The standard InChI is InChI=1S/C22H32Cl2O4/c1-4-7-8-9-10-11-12-16-27-20(25)22(5-2,6-3)21(26)28-18-15-13-14-17(23)19(18)24/h13-15H,4-12,16H2,1-3H3. The zero-order chi connectivity index (χ0) is 21.0. The van der Waals surface area contributed by atoms with E-state index in [0.717, 1.165) is 19.3 Å². The maximum Gasteiger partial charge on any atom is 0.328 e. The molecule has 0 amide bonds. The van der Waals surface area contributed by atoms with Crippen LogP contribution in [0.1, 0.15) is 78.6 Å². The number of carbonyl (C=O) groups excluding carboxylic acids is 2. The second-order valence-electron chi connectivity index (χ2n) is 6.99. The van der Waals surface area contributed by atoms with Gasteiger partial charge >= 0.3 is 11.9 Å². The van der Waals surface area contributed by atoms with Gasteiger partial charge in [-0.15, -0.1) is 0 Å². The predicted molar refractivity (Wildman–Crippen MR) is 114 cm³/mol. The molecule has 0 aliphatic heterocycles. The van der Waals surface area contributed by atoms with E-state index < -0.39 is 17.4 Å². The van der Waals surface area contributed by atoms with Crippen LogP contribution in [-0.2, 0) is 14.3 Å². The lowest BCUT2D eigenvalue weighted by Gasteiger charge is -2.27. The number of unbranched alkanes of at least 4 members (excludes halogenated alkanes) is 6. The molecule has 6 heteroatoms. The first-order valence-electron chi connectivity index (χ1n) is 10.3. The Hall–Kier alpha value is -1.26. The largest absolute Gasteiger partial charge is 0.465 e. The third-order valence-electron chi connectivity index (χ3n) is 5.09. The van der Waals surface area contributed by atoms with E-state index in [1.54, 1.807) is 32.0 Å². The summed E-state index contributed by atoms with van der Waals surface area (Å²) in [6, 6.07) is 4.78. The molecule has 1 aromatic carbocycles. The molecule has 0 spiro atoms. The van der Waals surface area contributed by atoms with Gasteiger partial charge in [0.2, 0.25) is 0 Å². The fraction of sp³-hybridized carbons (Fsp3) is 0.636. The average molecular weight is 431 g/mol. The summed E-state index contributed by atoms with van der Waals surface area (Å²) in [6.07, 6.45) is 8.49. The molecular formula is C22H32Cl2O4. The van der Waals surface area contributed by atoms with Gasteiger partial charge < -0.3 is 9.47 Å². The summed E-state index contributed by atoms with van der Waals surface area (Å²) in [5.41, 5.74) is -1.34. The number of hydrogen-bond acceptors (Lipinski definition) is 4. The van der Waals surface area contributed by atoms with E-state index in [4.69, 9.17) is 32.7 Å². The topological polar surface area (TPSA) is 52.6 Å². The Morgan fingerprint density at radius 3 is 2.11 bits per heavy atom. The van der Waals surface area contributed by atoms with Gasteiger partial charge in [0.1, 0.15) is 5.02 Å². The first-order valence-corrected chi connectivity index (χ1v) is 11.0. The van der Waals surface area contributed by atoms with Crippen LogP contribution in [0.5, 0.6) is 5.75 Å². The van der Waals surface area contributed by atoms with E-state index in [1.165, 1.54) is 25.7 Å². The lowest BCUT2D eigenvalue weighted by Crippen LogP contribution is -2.42. The zero-order valence-corrected chi connectivity index (χ0v) is 18.7. The van der Waals surface area contributed by atoms with Gasteiger partial charge in [-0.3, -0.25) is 9.59 Å². The van der Waals surface area contributed by atoms with Crippen LogP contribution in [0.4, 0.5) is 0 Å². The molecule has 0 N–H and O–H groups in total. The lowest BCUT2D eigenvalue weighted by molar-refractivity contribution is -0.168. The fourth-order valence-electron chi connectivity index (χ4n) is 3.03. The molecule has 0 aliphatic rings. The third-order valence-corrected chi connectivity index (χ3v) is 5.89. The summed E-state index contributed by atoms with van der Waals surface area (Å²) in [6.45, 7) is 6.07. The number of halogens is 2. The Balaban J connectivity index is 2.61. The van der Waals surface area contributed by atoms with Crippen molar-refractivity contribution >= 4 is 35.1 Å². The Bertz CT molecular complexity index is 627. The Labute approximate surface area is 178 Å². The quantitative estimate of drug-likeness (QED) is 0.146. The highest BCUT2D eigenvalue weighted by Gasteiger charge is 2.46. The molecule has 0 bridgehead atoms. The molecule has 0 radical (unpaired) electrons. The van der Waals surface area contributed by atoms with Crippen LogP contribution in [0.15, 0.2) is 18.2 Å². The van der Waals surface area contributed by atoms with Gasteiger partial charge in [0, 0.05) is 0 Å². The molecule has 0 fully saturated rings. The minimum absolute atomic E-state index is 0.144. The molecular weight excluding hydrogens is 399 g/mol. The first-order chi connectivity index (χ1) is 13.4. The molecule has 0 saturated carbocycles. The van der Waals surface area contributed by atoms with Crippen LogP contribution in [0.25, 0.3) is 0 Å². The lowest BCUT2D eigenvalue weighted by atomic mass is 9.82. The van der Waals surface area contributed by atoms with Crippen LogP contribution in [0.2, 0.25) is 10.0 Å². The van der Waals surface area contributed by atoms with Crippen molar-refractivity contribution in [2.75, 3.05) is 6.61 Å². The zero-order valence-electron chi connectivity index (χ0n) is 17.2. The van der Waals surface area contributed by atoms with E-state index in [2.05, 4.69) is 6.92 Å². The van der Waals surface area contributed by atoms with Gasteiger partial charge in [-0.05, 0) is 31.4 Å². The van der Waals surface area contributed by atoms with Gasteiger partial charge in [0.05, 0.1) is 11.6 Å². The van der Waals surface area contributed by atoms with E-state index in [9.17, 15) is 9.59 Å². The van der Waals surface area contributed by atoms with Gasteiger partial charge in [0.15, 0.2) is 11.2 Å². The van der Waals surface area contributed by atoms with Gasteiger partial charge in [-0.25, -0.2) is 0 Å². The van der Waals surface area contributed by atoms with E-state index >= 15 is 0 Å². The highest BCUT2D eigenvalue weighted by molar-refractivity contribution is 6.43. The van der Waals surface area contributed by atoms with E-state index in [-0.39, 0.29) is 28.6 Å². The second kappa shape index (κ2) is 13.1. The van der Waals surface area contributed by atoms with Crippen LogP contribution in [0.3, 0.4) is 0 Å². The second-order valence-corrected chi connectivity index (χ2v) is 7.77. The van der Waals surface area contributed by atoms with Crippen LogP contribution in [0, 0.1) is 5.41 Å². The normalized spacial score (nSPS) is 11.3. The van der Waals surface area contributed by atoms with E-state index in [0.29, 0.717) is 6.61 Å². The summed E-state index contributed by atoms with van der Waals surface area (Å²) in [4.78, 5) is 25.5. The summed E-state index contributed by atoms with van der Waals surface area (Å²) in [7, 11) is 0. The molecule has 1 rings (SSSR count). The number of ether oxygens (including phenoxy) is 2. The van der Waals surface area contributed by atoms with Crippen molar-refractivity contribution in [2.45, 2.75) is 78.6 Å². The number of hydrogen-bond donors (Lipinski definition) is 0. The number of carbonyl (C=O) groups is 2. The molecule has 0 heterocycles. The Morgan fingerprint density at radius 2 is 1.50 bits per heavy atom. The van der Waals surface area contributed by atoms with Crippen molar-refractivity contribution in [1.29, 1.82) is 0 Å². The highest BCUT2D eigenvalue weighted by atomic mass is 35.5. The minimum atomic E-state index is -1.34. The average Bonchev–Trinajstić information content (AvgIpc) is 2.69. The molecule has 0 aliphatic carbocycles. The summed E-state index contributed by atoms with van der Waals surface area (Å²) < 4.78 is 10.9. The first kappa shape index (κ1) is 24.8. The fourth-order valence-corrected chi connectivity index (χ4v) is 3.36. The van der Waals surface area contributed by atoms with Crippen molar-refractivity contribution in [3.8, 4) is 5.75 Å². The molecule has 4 nitrogen and oxygen atoms in total. The van der Waals surface area contributed by atoms with Crippen molar-refractivity contribution in [3.05, 3.63) is 28.2 Å². The SMILES string of the molecule is CCCCCCCCCOC(=O)C(CC)(CC)C(=O)Oc1cccc(Cl)c1Cl. The van der Waals surface area contributed by atoms with Crippen LogP contribution < -0.4 is 4.74 Å². The van der Waals surface area contributed by atoms with Crippen LogP contribution >= 0.6 is 23.2 Å². The minimum Gasteiger partial charge on any atom is -0.465 e. The molecule has 0 unspecified atom stereocenters.